The molecule has 0 spiro atoms. The van der Waals surface area contributed by atoms with Gasteiger partial charge in [0.15, 0.2) is 5.96 Å². The lowest BCUT2D eigenvalue weighted by atomic mass is 9.90. The third-order valence-electron chi connectivity index (χ3n) is 5.22. The SMILES string of the molecule is CN=C(NCC(Cc1ccccc1)c1ccccc1)NCC(C)(C)CCS(C)(=O)=O.I. The summed E-state index contributed by atoms with van der Waals surface area (Å²) in [6, 6.07) is 21.0. The van der Waals surface area contributed by atoms with Gasteiger partial charge in [0.1, 0.15) is 9.84 Å². The van der Waals surface area contributed by atoms with Gasteiger partial charge in [-0.25, -0.2) is 8.42 Å². The van der Waals surface area contributed by atoms with Crippen LogP contribution < -0.4 is 10.6 Å². The minimum absolute atomic E-state index is 0. The maximum absolute atomic E-state index is 11.5. The van der Waals surface area contributed by atoms with Crippen molar-refractivity contribution in [1.29, 1.82) is 0 Å². The third-order valence-corrected chi connectivity index (χ3v) is 6.17. The number of hydrogen-bond acceptors (Lipinski definition) is 3. The highest BCUT2D eigenvalue weighted by molar-refractivity contribution is 14.0. The molecule has 0 radical (unpaired) electrons. The van der Waals surface area contributed by atoms with E-state index in [4.69, 9.17) is 0 Å². The second-order valence-electron chi connectivity index (χ2n) is 8.65. The first kappa shape index (κ1) is 27.4. The summed E-state index contributed by atoms with van der Waals surface area (Å²) in [6.45, 7) is 5.54. The molecule has 1 unspecified atom stereocenters. The molecule has 0 fully saturated rings. The molecule has 0 aromatic heterocycles. The maximum Gasteiger partial charge on any atom is 0.191 e. The second kappa shape index (κ2) is 13.1. The van der Waals surface area contributed by atoms with Gasteiger partial charge in [-0.15, -0.1) is 24.0 Å². The average Bonchev–Trinajstić information content (AvgIpc) is 2.72. The van der Waals surface area contributed by atoms with Crippen LogP contribution in [0, 0.1) is 5.41 Å². The number of hydrogen-bond donors (Lipinski definition) is 2. The van der Waals surface area contributed by atoms with E-state index in [2.05, 4.69) is 78.0 Å². The van der Waals surface area contributed by atoms with E-state index in [1.165, 1.54) is 17.4 Å². The highest BCUT2D eigenvalue weighted by Crippen LogP contribution is 2.21. The molecule has 172 valence electrons. The van der Waals surface area contributed by atoms with Crippen molar-refractivity contribution in [2.75, 3.05) is 32.1 Å². The molecule has 2 rings (SSSR count). The number of halogens is 1. The summed E-state index contributed by atoms with van der Waals surface area (Å²) >= 11 is 0. The van der Waals surface area contributed by atoms with E-state index in [0.29, 0.717) is 18.9 Å². The van der Waals surface area contributed by atoms with Gasteiger partial charge < -0.3 is 10.6 Å². The standard InChI is InChI=1S/C24H35N3O2S.HI/c1-24(2,15-16-30(4,28)29)19-27-23(25-3)26-18-22(21-13-9-6-10-14-21)17-20-11-7-5-8-12-20;/h5-14,22H,15-19H2,1-4H3,(H2,25,26,27);1H. The predicted octanol–water partition coefficient (Wildman–Crippen LogP) is 4.26. The molecule has 0 bridgehead atoms. The molecule has 7 heteroatoms. The molecule has 31 heavy (non-hydrogen) atoms. The summed E-state index contributed by atoms with van der Waals surface area (Å²) in [5.74, 6) is 1.24. The first-order valence-electron chi connectivity index (χ1n) is 10.4. The molecule has 0 saturated carbocycles. The molecule has 1 atom stereocenters. The molecule has 5 nitrogen and oxygen atoms in total. The summed E-state index contributed by atoms with van der Waals surface area (Å²) in [7, 11) is -1.20. The first-order chi connectivity index (χ1) is 14.2. The zero-order valence-corrected chi connectivity index (χ0v) is 22.1. The molecule has 0 heterocycles. The van der Waals surface area contributed by atoms with Gasteiger partial charge in [-0.1, -0.05) is 74.5 Å². The molecule has 0 aliphatic heterocycles. The fraction of sp³-hybridized carbons (Fsp3) is 0.458. The summed E-state index contributed by atoms with van der Waals surface area (Å²) in [4.78, 5) is 4.35. The van der Waals surface area contributed by atoms with E-state index in [1.54, 1.807) is 7.05 Å². The summed E-state index contributed by atoms with van der Waals surface area (Å²) in [5, 5.41) is 6.81. The number of sulfone groups is 1. The summed E-state index contributed by atoms with van der Waals surface area (Å²) < 4.78 is 23.0. The molecule has 0 aliphatic carbocycles. The van der Waals surface area contributed by atoms with Crippen molar-refractivity contribution in [3.8, 4) is 0 Å². The summed E-state index contributed by atoms with van der Waals surface area (Å²) in [5.41, 5.74) is 2.44. The van der Waals surface area contributed by atoms with Gasteiger partial charge in [-0.3, -0.25) is 4.99 Å². The van der Waals surface area contributed by atoms with Gasteiger partial charge >= 0.3 is 0 Å². The number of aliphatic imine (C=N–C) groups is 1. The number of nitrogens with zero attached hydrogens (tertiary/aromatic N) is 1. The topological polar surface area (TPSA) is 70.6 Å². The quantitative estimate of drug-likeness (QED) is 0.260. The Kier molecular flexibility index (Phi) is 11.5. The van der Waals surface area contributed by atoms with Crippen LogP contribution >= 0.6 is 24.0 Å². The number of benzene rings is 2. The molecule has 0 aliphatic rings. The Hall–Kier alpha value is -1.61. The fourth-order valence-electron chi connectivity index (χ4n) is 3.25. The Balaban J connectivity index is 0.00000480. The van der Waals surface area contributed by atoms with Crippen molar-refractivity contribution in [1.82, 2.24) is 10.6 Å². The minimum atomic E-state index is -2.96. The monoisotopic (exact) mass is 557 g/mol. The van der Waals surface area contributed by atoms with Gasteiger partial charge in [0, 0.05) is 32.3 Å². The number of rotatable bonds is 10. The minimum Gasteiger partial charge on any atom is -0.356 e. The van der Waals surface area contributed by atoms with E-state index < -0.39 is 9.84 Å². The zero-order chi connectivity index (χ0) is 22.0. The molecule has 2 aromatic rings. The van der Waals surface area contributed by atoms with Gasteiger partial charge in [-0.05, 0) is 29.4 Å². The summed E-state index contributed by atoms with van der Waals surface area (Å²) in [6.07, 6.45) is 2.83. The Bertz CT molecular complexity index is 901. The van der Waals surface area contributed by atoms with Crippen molar-refractivity contribution >= 4 is 39.8 Å². The van der Waals surface area contributed by atoms with Gasteiger partial charge in [0.25, 0.3) is 0 Å². The van der Waals surface area contributed by atoms with Crippen LogP contribution in [0.25, 0.3) is 0 Å². The van der Waals surface area contributed by atoms with Crippen LogP contribution in [0.5, 0.6) is 0 Å². The second-order valence-corrected chi connectivity index (χ2v) is 10.9. The largest absolute Gasteiger partial charge is 0.356 e. The van der Waals surface area contributed by atoms with E-state index in [9.17, 15) is 8.42 Å². The Morgan fingerprint density at radius 1 is 1.00 bits per heavy atom. The molecular weight excluding hydrogens is 521 g/mol. The lowest BCUT2D eigenvalue weighted by molar-refractivity contribution is 0.348. The van der Waals surface area contributed by atoms with E-state index in [0.717, 1.165) is 18.9 Å². The van der Waals surface area contributed by atoms with Crippen LogP contribution in [-0.2, 0) is 16.3 Å². The Morgan fingerprint density at radius 2 is 1.58 bits per heavy atom. The lowest BCUT2D eigenvalue weighted by Crippen LogP contribution is -2.43. The third kappa shape index (κ3) is 11.0. The Labute approximate surface area is 205 Å². The van der Waals surface area contributed by atoms with Crippen molar-refractivity contribution in [3.63, 3.8) is 0 Å². The van der Waals surface area contributed by atoms with Crippen molar-refractivity contribution in [2.45, 2.75) is 32.6 Å². The van der Waals surface area contributed by atoms with Crippen LogP contribution in [-0.4, -0.2) is 46.5 Å². The normalized spacial score (nSPS) is 13.2. The van der Waals surface area contributed by atoms with Crippen LogP contribution in [0.15, 0.2) is 65.7 Å². The van der Waals surface area contributed by atoms with Gasteiger partial charge in [-0.2, -0.15) is 0 Å². The lowest BCUT2D eigenvalue weighted by Gasteiger charge is -2.26. The molecule has 2 aromatic carbocycles. The van der Waals surface area contributed by atoms with Crippen molar-refractivity contribution in [3.05, 3.63) is 71.8 Å². The maximum atomic E-state index is 11.5. The van der Waals surface area contributed by atoms with E-state index in [1.807, 2.05) is 12.1 Å². The van der Waals surface area contributed by atoms with E-state index in [-0.39, 0.29) is 35.1 Å². The molecular formula is C24H36IN3O2S. The van der Waals surface area contributed by atoms with Gasteiger partial charge in [0.2, 0.25) is 0 Å². The number of nitrogens with one attached hydrogen (secondary N) is 2. The van der Waals surface area contributed by atoms with Crippen molar-refractivity contribution in [2.24, 2.45) is 10.4 Å². The van der Waals surface area contributed by atoms with Crippen LogP contribution in [0.3, 0.4) is 0 Å². The highest BCUT2D eigenvalue weighted by atomic mass is 127. The predicted molar refractivity (Wildman–Crippen MR) is 142 cm³/mol. The van der Waals surface area contributed by atoms with Crippen molar-refractivity contribution < 1.29 is 8.42 Å². The first-order valence-corrected chi connectivity index (χ1v) is 12.5. The molecule has 2 N–H and O–H groups in total. The van der Waals surface area contributed by atoms with E-state index >= 15 is 0 Å². The van der Waals surface area contributed by atoms with Crippen LogP contribution in [0.2, 0.25) is 0 Å². The van der Waals surface area contributed by atoms with Gasteiger partial charge in [0.05, 0.1) is 5.75 Å². The van der Waals surface area contributed by atoms with Crippen LogP contribution in [0.1, 0.15) is 37.3 Å². The zero-order valence-electron chi connectivity index (χ0n) is 19.0. The Morgan fingerprint density at radius 3 is 2.13 bits per heavy atom. The smallest absolute Gasteiger partial charge is 0.191 e. The average molecular weight is 558 g/mol. The highest BCUT2D eigenvalue weighted by Gasteiger charge is 2.21. The fourth-order valence-corrected chi connectivity index (χ4v) is 4.17. The number of guanidine groups is 1. The molecule has 0 amide bonds. The molecule has 0 saturated heterocycles. The van der Waals surface area contributed by atoms with Crippen LogP contribution in [0.4, 0.5) is 0 Å².